The van der Waals surface area contributed by atoms with Crippen LogP contribution in [0.3, 0.4) is 0 Å². The summed E-state index contributed by atoms with van der Waals surface area (Å²) in [7, 11) is -7.06. The molecule has 0 heterocycles. The number of nitrogens with one attached hydrogen (secondary N) is 1. The predicted octanol–water partition coefficient (Wildman–Crippen LogP) is 0.349. The highest BCUT2D eigenvalue weighted by atomic mass is 32.2. The minimum atomic E-state index is -3.67. The summed E-state index contributed by atoms with van der Waals surface area (Å²) in [5.41, 5.74) is 0.927. The van der Waals surface area contributed by atoms with Crippen molar-refractivity contribution in [2.24, 2.45) is 10.9 Å². The first-order chi connectivity index (χ1) is 10.8. The van der Waals surface area contributed by atoms with Crippen molar-refractivity contribution in [1.29, 1.82) is 0 Å². The first kappa shape index (κ1) is 22.0. The second-order valence-electron chi connectivity index (χ2n) is 5.16. The Morgan fingerprint density at radius 3 is 2.12 bits per heavy atom. The quantitative estimate of drug-likeness (QED) is 0.224. The van der Waals surface area contributed by atoms with Crippen molar-refractivity contribution < 1.29 is 26.2 Å². The highest BCUT2D eigenvalue weighted by Gasteiger charge is 2.18. The van der Waals surface area contributed by atoms with Crippen molar-refractivity contribution in [3.63, 3.8) is 0 Å². The lowest BCUT2D eigenvalue weighted by atomic mass is 10.0. The number of nitrogens with zero attached hydrogens (tertiary/aromatic N) is 1. The number of carbonyl (C=O) groups is 1. The van der Waals surface area contributed by atoms with E-state index in [-0.39, 0.29) is 16.4 Å². The second-order valence-corrected chi connectivity index (χ2v) is 8.61. The monoisotopic (exact) mass is 379 g/mol. The zero-order valence-corrected chi connectivity index (χ0v) is 15.3. The van der Waals surface area contributed by atoms with Gasteiger partial charge in [-0.15, -0.1) is 0 Å². The average molecular weight is 379 g/mol. The molecule has 0 aliphatic rings. The Morgan fingerprint density at radius 2 is 1.75 bits per heavy atom. The van der Waals surface area contributed by atoms with Gasteiger partial charge in [0.15, 0.2) is 9.84 Å². The van der Waals surface area contributed by atoms with Crippen molar-refractivity contribution in [2.45, 2.75) is 24.7 Å². The Labute approximate surface area is 141 Å². The SMILES string of the molecule is CC(C)c1ccc(C(=O)N/C=N/N)cc1S(C)(=O)=O.CS(=O)(=O)O. The molecule has 0 aromatic heterocycles. The number of rotatable bonds is 4. The maximum atomic E-state index is 11.8. The molecule has 1 aromatic rings. The van der Waals surface area contributed by atoms with Crippen LogP contribution in [0, 0.1) is 0 Å². The third-order valence-electron chi connectivity index (χ3n) is 2.57. The van der Waals surface area contributed by atoms with Gasteiger partial charge in [-0.25, -0.2) is 8.42 Å². The third kappa shape index (κ3) is 8.60. The largest absolute Gasteiger partial charge is 0.322 e. The van der Waals surface area contributed by atoms with Gasteiger partial charge in [-0.3, -0.25) is 9.35 Å². The van der Waals surface area contributed by atoms with Gasteiger partial charge in [0.05, 0.1) is 11.2 Å². The molecule has 0 unspecified atom stereocenters. The smallest absolute Gasteiger partial charge is 0.261 e. The number of hydrazone groups is 1. The van der Waals surface area contributed by atoms with Crippen LogP contribution in [-0.2, 0) is 20.0 Å². The first-order valence-corrected chi connectivity index (χ1v) is 10.3. The summed E-state index contributed by atoms with van der Waals surface area (Å²) in [5, 5.41) is 5.47. The molecule has 1 rings (SSSR count). The molecule has 0 saturated heterocycles. The molecule has 0 atom stereocenters. The van der Waals surface area contributed by atoms with Gasteiger partial charge in [0.1, 0.15) is 6.34 Å². The molecule has 4 N–H and O–H groups in total. The molecule has 1 aromatic carbocycles. The summed E-state index contributed by atoms with van der Waals surface area (Å²) >= 11 is 0. The van der Waals surface area contributed by atoms with Gasteiger partial charge in [0, 0.05) is 11.8 Å². The predicted molar refractivity (Wildman–Crippen MR) is 91.3 cm³/mol. The van der Waals surface area contributed by atoms with Crippen LogP contribution in [0.4, 0.5) is 0 Å². The van der Waals surface area contributed by atoms with E-state index in [0.29, 0.717) is 11.8 Å². The topological polar surface area (TPSA) is 156 Å². The van der Waals surface area contributed by atoms with Crippen molar-refractivity contribution in [1.82, 2.24) is 5.32 Å². The minimum Gasteiger partial charge on any atom is -0.322 e. The molecular formula is C13H21N3O6S2. The van der Waals surface area contributed by atoms with Gasteiger partial charge in [-0.2, -0.15) is 13.5 Å². The molecule has 0 aliphatic heterocycles. The third-order valence-corrected chi connectivity index (χ3v) is 3.72. The van der Waals surface area contributed by atoms with Gasteiger partial charge in [0.25, 0.3) is 16.0 Å². The lowest BCUT2D eigenvalue weighted by Gasteiger charge is -2.12. The molecule has 0 saturated carbocycles. The van der Waals surface area contributed by atoms with E-state index in [1.54, 1.807) is 12.1 Å². The number of sulfone groups is 1. The van der Waals surface area contributed by atoms with Crippen LogP contribution < -0.4 is 11.2 Å². The fourth-order valence-electron chi connectivity index (χ4n) is 1.65. The summed E-state index contributed by atoms with van der Waals surface area (Å²) in [6, 6.07) is 4.59. The van der Waals surface area contributed by atoms with Crippen LogP contribution in [0.15, 0.2) is 28.2 Å². The van der Waals surface area contributed by atoms with Crippen LogP contribution >= 0.6 is 0 Å². The number of hydrogen-bond donors (Lipinski definition) is 3. The lowest BCUT2D eigenvalue weighted by molar-refractivity contribution is 0.0978. The molecule has 11 heteroatoms. The van der Waals surface area contributed by atoms with Gasteiger partial charge < -0.3 is 11.2 Å². The molecule has 0 bridgehead atoms. The van der Waals surface area contributed by atoms with Crippen LogP contribution in [0.1, 0.15) is 35.7 Å². The molecule has 0 radical (unpaired) electrons. The summed E-state index contributed by atoms with van der Waals surface area (Å²) in [6.45, 7) is 3.79. The Morgan fingerprint density at radius 1 is 1.25 bits per heavy atom. The van der Waals surface area contributed by atoms with E-state index in [1.165, 1.54) is 6.07 Å². The summed E-state index contributed by atoms with van der Waals surface area (Å²) in [6.07, 6.45) is 2.88. The Kier molecular flexibility index (Phi) is 8.03. The maximum absolute atomic E-state index is 11.8. The summed E-state index contributed by atoms with van der Waals surface area (Å²) < 4.78 is 49.4. The van der Waals surface area contributed by atoms with Crippen LogP contribution in [-0.4, -0.2) is 46.1 Å². The van der Waals surface area contributed by atoms with E-state index in [1.807, 2.05) is 13.8 Å². The zero-order valence-electron chi connectivity index (χ0n) is 13.7. The first-order valence-electron chi connectivity index (χ1n) is 6.56. The molecule has 0 fully saturated rings. The van der Waals surface area contributed by atoms with E-state index >= 15 is 0 Å². The van der Waals surface area contributed by atoms with Gasteiger partial charge in [0.2, 0.25) is 0 Å². The molecule has 9 nitrogen and oxygen atoms in total. The summed E-state index contributed by atoms with van der Waals surface area (Å²) in [4.78, 5) is 11.9. The summed E-state index contributed by atoms with van der Waals surface area (Å²) in [5.74, 6) is 4.46. The minimum absolute atomic E-state index is 0.0486. The second kappa shape index (κ2) is 8.76. The van der Waals surface area contributed by atoms with Gasteiger partial charge >= 0.3 is 0 Å². The standard InChI is InChI=1S/C12H17N3O3S.CH4O3S/c1-8(2)10-5-4-9(12(16)14-7-15-13)6-11(10)19(3,17)18;1-5(2,3)4/h4-8H,13H2,1-3H3,(H,14,15,16);1H3,(H,2,3,4). The molecule has 136 valence electrons. The maximum Gasteiger partial charge on any atom is 0.261 e. The van der Waals surface area contributed by atoms with Crippen LogP contribution in [0.25, 0.3) is 0 Å². The van der Waals surface area contributed by atoms with Gasteiger partial charge in [-0.05, 0) is 23.6 Å². The number of amides is 1. The molecule has 0 aliphatic carbocycles. The van der Waals surface area contributed by atoms with Crippen molar-refractivity contribution in [3.05, 3.63) is 29.3 Å². The fraction of sp³-hybridized carbons (Fsp3) is 0.385. The lowest BCUT2D eigenvalue weighted by Crippen LogP contribution is -2.22. The molecule has 1 amide bonds. The number of nitrogens with two attached hydrogens (primary N) is 1. The number of hydrogen-bond acceptors (Lipinski definition) is 7. The molecule has 0 spiro atoms. The van der Waals surface area contributed by atoms with E-state index in [4.69, 9.17) is 10.4 Å². The van der Waals surface area contributed by atoms with E-state index in [9.17, 15) is 21.6 Å². The number of benzene rings is 1. The highest BCUT2D eigenvalue weighted by molar-refractivity contribution is 7.90. The Hall–Kier alpha value is -1.98. The van der Waals surface area contributed by atoms with Crippen molar-refractivity contribution in [3.8, 4) is 0 Å². The Balaban J connectivity index is 0.000000922. The zero-order chi connectivity index (χ0) is 19.1. The molecule has 24 heavy (non-hydrogen) atoms. The average Bonchev–Trinajstić information content (AvgIpc) is 2.41. The highest BCUT2D eigenvalue weighted by Crippen LogP contribution is 2.24. The fourth-order valence-corrected chi connectivity index (χ4v) is 2.73. The van der Waals surface area contributed by atoms with Crippen LogP contribution in [0.2, 0.25) is 0 Å². The van der Waals surface area contributed by atoms with E-state index in [2.05, 4.69) is 10.4 Å². The number of carbonyl (C=O) groups excluding carboxylic acids is 1. The van der Waals surface area contributed by atoms with E-state index in [0.717, 1.165) is 12.6 Å². The van der Waals surface area contributed by atoms with Crippen molar-refractivity contribution >= 4 is 32.2 Å². The Bertz CT molecular complexity index is 806. The van der Waals surface area contributed by atoms with Crippen molar-refractivity contribution in [2.75, 3.05) is 12.5 Å². The van der Waals surface area contributed by atoms with E-state index < -0.39 is 25.9 Å². The van der Waals surface area contributed by atoms with Crippen LogP contribution in [0.5, 0.6) is 0 Å². The van der Waals surface area contributed by atoms with Gasteiger partial charge in [-0.1, -0.05) is 19.9 Å². The molecular weight excluding hydrogens is 358 g/mol. The normalized spacial score (nSPS) is 11.9.